The molecule has 0 bridgehead atoms. The van der Waals surface area contributed by atoms with Crippen molar-refractivity contribution in [3.63, 3.8) is 0 Å². The van der Waals surface area contributed by atoms with E-state index in [-0.39, 0.29) is 29.5 Å². The van der Waals surface area contributed by atoms with Crippen LogP contribution in [0.1, 0.15) is 60.4 Å². The van der Waals surface area contributed by atoms with Crippen LogP contribution in [0.4, 0.5) is 17.6 Å². The molecule has 0 heterocycles. The number of halogens is 4. The van der Waals surface area contributed by atoms with E-state index in [4.69, 9.17) is 5.26 Å². The Hall–Kier alpha value is -2.61. The van der Waals surface area contributed by atoms with E-state index in [0.717, 1.165) is 25.3 Å². The lowest BCUT2D eigenvalue weighted by atomic mass is 9.86. The van der Waals surface area contributed by atoms with Crippen LogP contribution in [0.2, 0.25) is 0 Å². The topological polar surface area (TPSA) is 23.8 Å². The number of rotatable bonds is 5. The molecular weight excluding hydrogens is 354 g/mol. The minimum Gasteiger partial charge on any atom is -0.206 e. The van der Waals surface area contributed by atoms with E-state index in [0.29, 0.717) is 17.6 Å². The summed E-state index contributed by atoms with van der Waals surface area (Å²) in [6.07, 6.45) is 5.26. The molecule has 0 N–H and O–H groups in total. The molecule has 1 aliphatic rings. The van der Waals surface area contributed by atoms with Crippen LogP contribution in [0.15, 0.2) is 18.2 Å². The van der Waals surface area contributed by atoms with E-state index in [9.17, 15) is 17.6 Å². The van der Waals surface area contributed by atoms with Crippen molar-refractivity contribution in [3.8, 4) is 6.07 Å². The third-order valence-corrected chi connectivity index (χ3v) is 4.93. The summed E-state index contributed by atoms with van der Waals surface area (Å²) < 4.78 is 57.3. The molecule has 5 heteroatoms. The summed E-state index contributed by atoms with van der Waals surface area (Å²) in [6, 6.07) is 5.23. The van der Waals surface area contributed by atoms with Gasteiger partial charge in [0.1, 0.15) is 34.9 Å². The zero-order chi connectivity index (χ0) is 19.6. The summed E-state index contributed by atoms with van der Waals surface area (Å²) in [4.78, 5) is 0. The van der Waals surface area contributed by atoms with Gasteiger partial charge in [-0.2, -0.15) is 5.26 Å². The minimum absolute atomic E-state index is 0.148. The smallest absolute Gasteiger partial charge is 0.147 e. The Morgan fingerprint density at radius 2 is 1.67 bits per heavy atom. The van der Waals surface area contributed by atoms with Gasteiger partial charge in [0.15, 0.2) is 0 Å². The second-order valence-electron chi connectivity index (χ2n) is 6.79. The highest BCUT2D eigenvalue weighted by atomic mass is 19.1. The van der Waals surface area contributed by atoms with E-state index < -0.39 is 28.8 Å². The Morgan fingerprint density at radius 1 is 0.963 bits per heavy atom. The maximum atomic E-state index is 14.6. The lowest BCUT2D eigenvalue weighted by molar-refractivity contribution is 0.562. The molecule has 0 saturated heterocycles. The van der Waals surface area contributed by atoms with Crippen LogP contribution in [0, 0.1) is 34.6 Å². The summed E-state index contributed by atoms with van der Waals surface area (Å²) in [6.45, 7) is 2.06. The molecule has 1 nitrogen and oxygen atoms in total. The predicted molar refractivity (Wildman–Crippen MR) is 96.9 cm³/mol. The maximum Gasteiger partial charge on any atom is 0.147 e. The van der Waals surface area contributed by atoms with Crippen LogP contribution in [-0.2, 0) is 12.8 Å². The Morgan fingerprint density at radius 3 is 2.30 bits per heavy atom. The number of benzene rings is 2. The summed E-state index contributed by atoms with van der Waals surface area (Å²) in [5.41, 5.74) is 0.616. The molecule has 27 heavy (non-hydrogen) atoms. The molecule has 2 aromatic rings. The molecule has 0 amide bonds. The van der Waals surface area contributed by atoms with Crippen LogP contribution < -0.4 is 0 Å². The van der Waals surface area contributed by atoms with Crippen molar-refractivity contribution in [2.45, 2.75) is 45.4 Å². The predicted octanol–water partition coefficient (Wildman–Crippen LogP) is 6.33. The highest BCUT2D eigenvalue weighted by Crippen LogP contribution is 2.36. The van der Waals surface area contributed by atoms with E-state index in [1.807, 2.05) is 0 Å². The first-order valence-corrected chi connectivity index (χ1v) is 9.06. The van der Waals surface area contributed by atoms with Gasteiger partial charge in [0.05, 0.1) is 0 Å². The van der Waals surface area contributed by atoms with E-state index in [1.54, 1.807) is 0 Å². The number of fused-ring (bicyclic) bond motifs is 1. The van der Waals surface area contributed by atoms with Gasteiger partial charge in [0.2, 0.25) is 0 Å². The highest BCUT2D eigenvalue weighted by Gasteiger charge is 2.24. The van der Waals surface area contributed by atoms with Gasteiger partial charge in [-0.3, -0.25) is 0 Å². The monoisotopic (exact) mass is 373 g/mol. The Bertz CT molecular complexity index is 931. The second-order valence-corrected chi connectivity index (χ2v) is 6.79. The maximum absolute atomic E-state index is 14.6. The zero-order valence-electron chi connectivity index (χ0n) is 15.0. The fourth-order valence-corrected chi connectivity index (χ4v) is 3.54. The third-order valence-electron chi connectivity index (χ3n) is 4.93. The van der Waals surface area contributed by atoms with Crippen molar-refractivity contribution >= 4 is 11.6 Å². The lowest BCUT2D eigenvalue weighted by Crippen LogP contribution is -2.08. The van der Waals surface area contributed by atoms with Crippen molar-refractivity contribution < 1.29 is 17.6 Å². The van der Waals surface area contributed by atoms with Gasteiger partial charge in [-0.1, -0.05) is 25.8 Å². The molecule has 0 fully saturated rings. The first kappa shape index (κ1) is 19.2. The molecule has 0 aliphatic heterocycles. The van der Waals surface area contributed by atoms with E-state index >= 15 is 0 Å². The molecule has 0 unspecified atom stereocenters. The van der Waals surface area contributed by atoms with Crippen molar-refractivity contribution in [3.05, 3.63) is 69.3 Å². The van der Waals surface area contributed by atoms with Gasteiger partial charge in [-0.15, -0.1) is 0 Å². The van der Waals surface area contributed by atoms with Gasteiger partial charge in [-0.25, -0.2) is 17.6 Å². The van der Waals surface area contributed by atoms with Crippen molar-refractivity contribution in [1.82, 2.24) is 0 Å². The number of unbranched alkanes of at least 4 members (excludes halogenated alkanes) is 2. The van der Waals surface area contributed by atoms with Crippen LogP contribution in [-0.4, -0.2) is 0 Å². The van der Waals surface area contributed by atoms with Gasteiger partial charge >= 0.3 is 0 Å². The summed E-state index contributed by atoms with van der Waals surface area (Å²) in [5.74, 6) is -3.19. The number of nitriles is 1. The molecule has 140 valence electrons. The molecule has 2 aromatic carbocycles. The Kier molecular flexibility index (Phi) is 5.65. The SMILES string of the molecule is CCCCCc1cc(F)c(C2=Cc3cc(F)c(C#N)c(F)c3CC2)c(F)c1. The fraction of sp³-hybridized carbons (Fsp3) is 0.318. The molecular formula is C22H19F4N. The Labute approximate surface area is 155 Å². The third kappa shape index (κ3) is 3.75. The van der Waals surface area contributed by atoms with Crippen molar-refractivity contribution in [1.29, 1.82) is 5.26 Å². The van der Waals surface area contributed by atoms with Crippen LogP contribution >= 0.6 is 0 Å². The average molecular weight is 373 g/mol. The van der Waals surface area contributed by atoms with Crippen LogP contribution in [0.5, 0.6) is 0 Å². The van der Waals surface area contributed by atoms with Crippen LogP contribution in [0.25, 0.3) is 11.6 Å². The summed E-state index contributed by atoms with van der Waals surface area (Å²) in [5, 5.41) is 8.86. The number of nitrogens with zero attached hydrogens (tertiary/aromatic N) is 1. The minimum atomic E-state index is -0.974. The Balaban J connectivity index is 1.99. The molecule has 0 radical (unpaired) electrons. The van der Waals surface area contributed by atoms with E-state index in [1.165, 1.54) is 24.3 Å². The average Bonchev–Trinajstić information content (AvgIpc) is 2.61. The van der Waals surface area contributed by atoms with Gasteiger partial charge < -0.3 is 0 Å². The molecule has 0 atom stereocenters. The lowest BCUT2D eigenvalue weighted by Gasteiger charge is -2.19. The molecule has 3 rings (SSSR count). The number of aryl methyl sites for hydroxylation is 1. The second kappa shape index (κ2) is 7.96. The number of hydrogen-bond acceptors (Lipinski definition) is 1. The van der Waals surface area contributed by atoms with Gasteiger partial charge in [-0.05, 0) is 66.1 Å². The zero-order valence-corrected chi connectivity index (χ0v) is 15.0. The molecule has 0 spiro atoms. The molecule has 0 saturated carbocycles. The first-order valence-electron chi connectivity index (χ1n) is 9.06. The largest absolute Gasteiger partial charge is 0.206 e. The normalized spacial score (nSPS) is 13.1. The fourth-order valence-electron chi connectivity index (χ4n) is 3.54. The molecule has 0 aromatic heterocycles. The van der Waals surface area contributed by atoms with Gasteiger partial charge in [0, 0.05) is 5.56 Å². The first-order chi connectivity index (χ1) is 13.0. The number of allylic oxidation sites excluding steroid dienone is 1. The van der Waals surface area contributed by atoms with Crippen molar-refractivity contribution in [2.75, 3.05) is 0 Å². The standard InChI is InChI=1S/C22H19F4N/c1-2-3-4-5-13-8-19(24)21(20(25)9-13)14-6-7-16-15(10-14)11-18(23)17(12-27)22(16)26/h8-11H,2-7H2,1H3. The summed E-state index contributed by atoms with van der Waals surface area (Å²) in [7, 11) is 0. The quantitative estimate of drug-likeness (QED) is 0.443. The highest BCUT2D eigenvalue weighted by molar-refractivity contribution is 5.85. The van der Waals surface area contributed by atoms with E-state index in [2.05, 4.69) is 6.92 Å². The molecule has 1 aliphatic carbocycles. The van der Waals surface area contributed by atoms with Crippen LogP contribution in [0.3, 0.4) is 0 Å². The summed E-state index contributed by atoms with van der Waals surface area (Å²) >= 11 is 0. The van der Waals surface area contributed by atoms with Crippen molar-refractivity contribution in [2.24, 2.45) is 0 Å². The number of hydrogen-bond donors (Lipinski definition) is 0. The van der Waals surface area contributed by atoms with Gasteiger partial charge in [0.25, 0.3) is 0 Å².